The average molecular weight is 560 g/mol. The van der Waals surface area contributed by atoms with Gasteiger partial charge >= 0.3 is 0 Å². The summed E-state index contributed by atoms with van der Waals surface area (Å²) in [5.74, 6) is 0.304. The van der Waals surface area contributed by atoms with Crippen LogP contribution in [0, 0.1) is 12.7 Å². The zero-order valence-electron chi connectivity index (χ0n) is 19.9. The predicted molar refractivity (Wildman–Crippen MR) is 142 cm³/mol. The number of hydrogen-bond acceptors (Lipinski definition) is 6. The lowest BCUT2D eigenvalue weighted by Crippen LogP contribution is -2.25. The SMILES string of the molecule is CC(=O)Nc1ccc(S(=O)(=O)NCc2nnc(SCc3ccc(F)cc3)n2-c2cc(Cl)ccc2C)cc1. The number of nitrogens with one attached hydrogen (secondary N) is 2. The Hall–Kier alpha value is -3.25. The summed E-state index contributed by atoms with van der Waals surface area (Å²) in [5.41, 5.74) is 3.00. The van der Waals surface area contributed by atoms with E-state index in [-0.39, 0.29) is 23.2 Å². The van der Waals surface area contributed by atoms with Gasteiger partial charge in [-0.2, -0.15) is 0 Å². The summed E-state index contributed by atoms with van der Waals surface area (Å²) < 4.78 is 43.5. The number of sulfonamides is 1. The molecule has 3 aromatic carbocycles. The summed E-state index contributed by atoms with van der Waals surface area (Å²) in [6.07, 6.45) is 0. The maximum absolute atomic E-state index is 13.3. The molecule has 192 valence electrons. The average Bonchev–Trinajstić information content (AvgIpc) is 3.26. The molecule has 4 rings (SSSR count). The molecule has 37 heavy (non-hydrogen) atoms. The molecule has 0 unspecified atom stereocenters. The van der Waals surface area contributed by atoms with Gasteiger partial charge in [-0.1, -0.05) is 41.6 Å². The largest absolute Gasteiger partial charge is 0.326 e. The number of aryl methyl sites for hydroxylation is 1. The molecule has 8 nitrogen and oxygen atoms in total. The van der Waals surface area contributed by atoms with E-state index in [0.717, 1.165) is 11.1 Å². The normalized spacial score (nSPS) is 11.5. The summed E-state index contributed by atoms with van der Waals surface area (Å²) in [6, 6.07) is 17.4. The second-order valence-electron chi connectivity index (χ2n) is 8.11. The zero-order chi connectivity index (χ0) is 26.6. The van der Waals surface area contributed by atoms with Gasteiger partial charge in [0.25, 0.3) is 0 Å². The molecule has 0 aliphatic rings. The highest BCUT2D eigenvalue weighted by molar-refractivity contribution is 7.98. The lowest BCUT2D eigenvalue weighted by molar-refractivity contribution is -0.114. The molecule has 0 saturated heterocycles. The lowest BCUT2D eigenvalue weighted by Gasteiger charge is -2.14. The quantitative estimate of drug-likeness (QED) is 0.276. The molecule has 4 aromatic rings. The van der Waals surface area contributed by atoms with Crippen molar-refractivity contribution >= 4 is 45.0 Å². The van der Waals surface area contributed by atoms with Crippen molar-refractivity contribution in [3.63, 3.8) is 0 Å². The van der Waals surface area contributed by atoms with E-state index >= 15 is 0 Å². The highest BCUT2D eigenvalue weighted by atomic mass is 35.5. The molecule has 1 heterocycles. The Morgan fingerprint density at radius 1 is 1.05 bits per heavy atom. The Balaban J connectivity index is 1.60. The molecular formula is C25H23ClFN5O3S2. The molecule has 1 aromatic heterocycles. The molecule has 0 aliphatic heterocycles. The third-order valence-electron chi connectivity index (χ3n) is 5.30. The minimum absolute atomic E-state index is 0.0394. The second-order valence-corrected chi connectivity index (χ2v) is 11.3. The van der Waals surface area contributed by atoms with E-state index in [1.54, 1.807) is 28.8 Å². The third-order valence-corrected chi connectivity index (χ3v) is 7.95. The fraction of sp³-hybridized carbons (Fsp3) is 0.160. The summed E-state index contributed by atoms with van der Waals surface area (Å²) in [5, 5.41) is 12.2. The van der Waals surface area contributed by atoms with Crippen molar-refractivity contribution in [3.8, 4) is 5.69 Å². The Bertz CT molecular complexity index is 1530. The molecular weight excluding hydrogens is 537 g/mol. The van der Waals surface area contributed by atoms with Crippen molar-refractivity contribution in [1.82, 2.24) is 19.5 Å². The van der Waals surface area contributed by atoms with Crippen LogP contribution in [0.4, 0.5) is 10.1 Å². The zero-order valence-corrected chi connectivity index (χ0v) is 22.3. The maximum Gasteiger partial charge on any atom is 0.240 e. The number of carbonyl (C=O) groups excluding carboxylic acids is 1. The number of thioether (sulfide) groups is 1. The highest BCUT2D eigenvalue weighted by Crippen LogP contribution is 2.29. The summed E-state index contributed by atoms with van der Waals surface area (Å²) in [7, 11) is -3.88. The second kappa shape index (κ2) is 11.4. The van der Waals surface area contributed by atoms with Crippen LogP contribution in [-0.2, 0) is 27.1 Å². The van der Waals surface area contributed by atoms with Crippen LogP contribution < -0.4 is 10.0 Å². The smallest absolute Gasteiger partial charge is 0.240 e. The molecule has 12 heteroatoms. The Morgan fingerprint density at radius 3 is 2.43 bits per heavy atom. The monoisotopic (exact) mass is 559 g/mol. The first-order valence-corrected chi connectivity index (χ1v) is 13.9. The summed E-state index contributed by atoms with van der Waals surface area (Å²) in [6.45, 7) is 3.15. The molecule has 0 aliphatic carbocycles. The number of benzene rings is 3. The van der Waals surface area contributed by atoms with Crippen molar-refractivity contribution < 1.29 is 17.6 Å². The number of halogens is 2. The van der Waals surface area contributed by atoms with Gasteiger partial charge in [-0.3, -0.25) is 9.36 Å². The third kappa shape index (κ3) is 6.75. The molecule has 0 atom stereocenters. The molecule has 0 spiro atoms. The van der Waals surface area contributed by atoms with Crippen molar-refractivity contribution in [2.24, 2.45) is 0 Å². The van der Waals surface area contributed by atoms with Crippen LogP contribution in [0.15, 0.2) is 76.8 Å². The van der Waals surface area contributed by atoms with Crippen molar-refractivity contribution in [2.45, 2.75) is 36.2 Å². The number of carbonyl (C=O) groups is 1. The lowest BCUT2D eigenvalue weighted by atomic mass is 10.2. The number of hydrogen-bond donors (Lipinski definition) is 2. The Morgan fingerprint density at radius 2 is 1.76 bits per heavy atom. The fourth-order valence-corrected chi connectivity index (χ4v) is 5.53. The molecule has 0 fully saturated rings. The standard InChI is InChI=1S/C25H23ClFN5O3S2/c1-16-3-6-19(26)13-23(16)32-24(30-31-25(32)36-15-18-4-7-20(27)8-5-18)14-28-37(34,35)22-11-9-21(10-12-22)29-17(2)33/h3-13,28H,14-15H2,1-2H3,(H,29,33). The minimum atomic E-state index is -3.88. The van der Waals surface area contributed by atoms with Gasteiger partial charge in [0.15, 0.2) is 11.0 Å². The van der Waals surface area contributed by atoms with Crippen LogP contribution in [0.25, 0.3) is 5.69 Å². The van der Waals surface area contributed by atoms with E-state index < -0.39 is 10.0 Å². The van der Waals surface area contributed by atoms with Gasteiger partial charge in [0.1, 0.15) is 5.82 Å². The van der Waals surface area contributed by atoms with E-state index in [4.69, 9.17) is 11.6 Å². The molecule has 1 amide bonds. The van der Waals surface area contributed by atoms with E-state index in [1.165, 1.54) is 55.1 Å². The number of anilines is 1. The van der Waals surface area contributed by atoms with Crippen molar-refractivity contribution in [1.29, 1.82) is 0 Å². The predicted octanol–water partition coefficient (Wildman–Crippen LogP) is 5.10. The van der Waals surface area contributed by atoms with Crippen molar-refractivity contribution in [2.75, 3.05) is 5.32 Å². The van der Waals surface area contributed by atoms with E-state index in [0.29, 0.717) is 33.1 Å². The van der Waals surface area contributed by atoms with Crippen molar-refractivity contribution in [3.05, 3.63) is 94.5 Å². The van der Waals surface area contributed by atoms with Gasteiger partial charge in [0.05, 0.1) is 17.1 Å². The molecule has 2 N–H and O–H groups in total. The first-order valence-electron chi connectivity index (χ1n) is 11.1. The first-order chi connectivity index (χ1) is 17.6. The number of nitrogens with zero attached hydrogens (tertiary/aromatic N) is 3. The Labute approximate surface area is 223 Å². The highest BCUT2D eigenvalue weighted by Gasteiger charge is 2.20. The van der Waals surface area contributed by atoms with Gasteiger partial charge in [-0.25, -0.2) is 17.5 Å². The summed E-state index contributed by atoms with van der Waals surface area (Å²) >= 11 is 7.65. The number of amides is 1. The van der Waals surface area contributed by atoms with E-state index in [1.807, 2.05) is 13.0 Å². The first kappa shape index (κ1) is 26.8. The van der Waals surface area contributed by atoms with Gasteiger partial charge in [-0.15, -0.1) is 10.2 Å². The van der Waals surface area contributed by atoms with Crippen LogP contribution in [0.5, 0.6) is 0 Å². The van der Waals surface area contributed by atoms with Crippen LogP contribution in [0.1, 0.15) is 23.9 Å². The minimum Gasteiger partial charge on any atom is -0.326 e. The van der Waals surface area contributed by atoms with E-state index in [9.17, 15) is 17.6 Å². The number of aromatic nitrogens is 3. The Kier molecular flexibility index (Phi) is 8.28. The molecule has 0 saturated carbocycles. The number of rotatable bonds is 9. The topological polar surface area (TPSA) is 106 Å². The molecule has 0 radical (unpaired) electrons. The van der Waals surface area contributed by atoms with Gasteiger partial charge in [-0.05, 0) is 66.6 Å². The van der Waals surface area contributed by atoms with Gasteiger partial charge in [0, 0.05) is 23.4 Å². The van der Waals surface area contributed by atoms with Crippen LogP contribution in [0.2, 0.25) is 5.02 Å². The summed E-state index contributed by atoms with van der Waals surface area (Å²) in [4.78, 5) is 11.2. The van der Waals surface area contributed by atoms with Gasteiger partial charge < -0.3 is 5.32 Å². The van der Waals surface area contributed by atoms with Crippen LogP contribution >= 0.6 is 23.4 Å². The fourth-order valence-electron chi connectivity index (χ4n) is 3.47. The van der Waals surface area contributed by atoms with Crippen LogP contribution in [0.3, 0.4) is 0 Å². The maximum atomic E-state index is 13.3. The van der Waals surface area contributed by atoms with Crippen LogP contribution in [-0.4, -0.2) is 29.1 Å². The molecule has 0 bridgehead atoms. The van der Waals surface area contributed by atoms with E-state index in [2.05, 4.69) is 20.2 Å². The van der Waals surface area contributed by atoms with Gasteiger partial charge in [0.2, 0.25) is 15.9 Å².